The van der Waals surface area contributed by atoms with Crippen LogP contribution in [0, 0.1) is 0 Å². The molecule has 1 aromatic rings. The summed E-state index contributed by atoms with van der Waals surface area (Å²) in [6.07, 6.45) is -0.654. The molecular weight excluding hydrogens is 282 g/mol. The lowest BCUT2D eigenvalue weighted by molar-refractivity contribution is 0.178. The van der Waals surface area contributed by atoms with Gasteiger partial charge >= 0.3 is 0 Å². The number of aliphatic hydroxyl groups excluding tert-OH is 1. The van der Waals surface area contributed by atoms with Crippen molar-refractivity contribution in [1.82, 2.24) is 10.6 Å². The van der Waals surface area contributed by atoms with Crippen molar-refractivity contribution in [2.75, 3.05) is 33.9 Å². The molecule has 0 amide bonds. The summed E-state index contributed by atoms with van der Waals surface area (Å²) in [7, 11) is 3.28. The lowest BCUT2D eigenvalue weighted by Gasteiger charge is -2.17. The molecule has 0 spiro atoms. The first-order chi connectivity index (χ1) is 10.6. The number of hydrogen-bond donors (Lipinski definition) is 3. The van der Waals surface area contributed by atoms with Crippen molar-refractivity contribution >= 4 is 5.96 Å². The first kappa shape index (κ1) is 18.3. The maximum atomic E-state index is 10.2. The highest BCUT2D eigenvalue weighted by Gasteiger charge is 2.09. The molecule has 0 saturated carbocycles. The van der Waals surface area contributed by atoms with Crippen LogP contribution < -0.4 is 15.4 Å². The summed E-state index contributed by atoms with van der Waals surface area (Å²) in [5.74, 6) is 1.43. The first-order valence-corrected chi connectivity index (χ1v) is 7.46. The minimum absolute atomic E-state index is 0.140. The number of aliphatic imine (C=N–C) groups is 1. The predicted octanol–water partition coefficient (Wildman–Crippen LogP) is 1.32. The van der Waals surface area contributed by atoms with Crippen molar-refractivity contribution in [2.45, 2.75) is 26.0 Å². The van der Waals surface area contributed by atoms with Crippen molar-refractivity contribution in [3.63, 3.8) is 0 Å². The number of aliphatic hydroxyl groups is 1. The molecule has 0 saturated heterocycles. The van der Waals surface area contributed by atoms with E-state index < -0.39 is 6.10 Å². The molecule has 6 nitrogen and oxygen atoms in total. The molecule has 3 N–H and O–H groups in total. The van der Waals surface area contributed by atoms with Crippen LogP contribution >= 0.6 is 0 Å². The van der Waals surface area contributed by atoms with Crippen molar-refractivity contribution in [1.29, 1.82) is 0 Å². The summed E-state index contributed by atoms with van der Waals surface area (Å²) in [6, 6.07) is 7.47. The summed E-state index contributed by atoms with van der Waals surface area (Å²) in [5.41, 5.74) is 0.810. The topological polar surface area (TPSA) is 75.1 Å². The fourth-order valence-corrected chi connectivity index (χ4v) is 1.95. The first-order valence-electron chi connectivity index (χ1n) is 7.46. The Morgan fingerprint density at radius 3 is 2.50 bits per heavy atom. The lowest BCUT2D eigenvalue weighted by atomic mass is 10.1. The Labute approximate surface area is 132 Å². The molecule has 1 rings (SSSR count). The van der Waals surface area contributed by atoms with Gasteiger partial charge in [-0.3, -0.25) is 4.99 Å². The van der Waals surface area contributed by atoms with Gasteiger partial charge in [-0.25, -0.2) is 0 Å². The van der Waals surface area contributed by atoms with E-state index in [1.165, 1.54) is 0 Å². The summed E-state index contributed by atoms with van der Waals surface area (Å²) in [6.45, 7) is 5.63. The second kappa shape index (κ2) is 10.0. The summed E-state index contributed by atoms with van der Waals surface area (Å²) in [4.78, 5) is 4.41. The Balaban J connectivity index is 2.63. The molecule has 0 aromatic heterocycles. The molecule has 22 heavy (non-hydrogen) atoms. The molecule has 6 heteroatoms. The minimum atomic E-state index is -0.654. The zero-order valence-electron chi connectivity index (χ0n) is 13.8. The fourth-order valence-electron chi connectivity index (χ4n) is 1.95. The highest BCUT2D eigenvalue weighted by Crippen LogP contribution is 2.17. The fraction of sp³-hybridized carbons (Fsp3) is 0.562. The molecule has 0 bridgehead atoms. The number of methoxy groups -OCH3 is 2. The zero-order valence-corrected chi connectivity index (χ0v) is 13.8. The smallest absolute Gasteiger partial charge is 0.191 e. The van der Waals surface area contributed by atoms with E-state index in [0.29, 0.717) is 12.6 Å². The summed E-state index contributed by atoms with van der Waals surface area (Å²) in [5, 5.41) is 16.6. The standard InChI is InChI=1S/C16H27N3O3/c1-5-17-16(19-12(2)11-21-3)18-10-15(20)13-6-8-14(22-4)9-7-13/h6-9,12,15,20H,5,10-11H2,1-4H3,(H2,17,18,19). The summed E-state index contributed by atoms with van der Waals surface area (Å²) < 4.78 is 10.2. The van der Waals surface area contributed by atoms with E-state index in [0.717, 1.165) is 17.9 Å². The third-order valence-corrected chi connectivity index (χ3v) is 3.07. The van der Waals surface area contributed by atoms with Crippen LogP contribution in [-0.4, -0.2) is 51.0 Å². The normalized spacial score (nSPS) is 14.3. The van der Waals surface area contributed by atoms with Crippen molar-refractivity contribution in [3.8, 4) is 5.75 Å². The average molecular weight is 309 g/mol. The van der Waals surface area contributed by atoms with Gasteiger partial charge in [-0.1, -0.05) is 12.1 Å². The van der Waals surface area contributed by atoms with Gasteiger partial charge in [-0.15, -0.1) is 0 Å². The van der Waals surface area contributed by atoms with Gasteiger partial charge in [-0.2, -0.15) is 0 Å². The molecule has 0 aliphatic carbocycles. The van der Waals surface area contributed by atoms with Crippen LogP contribution in [0.4, 0.5) is 0 Å². The number of nitrogens with one attached hydrogen (secondary N) is 2. The largest absolute Gasteiger partial charge is 0.497 e. The van der Waals surface area contributed by atoms with Gasteiger partial charge in [-0.05, 0) is 31.5 Å². The third-order valence-electron chi connectivity index (χ3n) is 3.07. The van der Waals surface area contributed by atoms with Crippen LogP contribution in [0.25, 0.3) is 0 Å². The Kier molecular flexibility index (Phi) is 8.32. The van der Waals surface area contributed by atoms with Gasteiger partial charge in [0.1, 0.15) is 5.75 Å². The van der Waals surface area contributed by atoms with E-state index in [2.05, 4.69) is 15.6 Å². The highest BCUT2D eigenvalue weighted by molar-refractivity contribution is 5.80. The van der Waals surface area contributed by atoms with E-state index in [1.807, 2.05) is 38.1 Å². The number of rotatable bonds is 8. The second-order valence-corrected chi connectivity index (χ2v) is 5.01. The van der Waals surface area contributed by atoms with Crippen molar-refractivity contribution < 1.29 is 14.6 Å². The molecule has 0 heterocycles. The van der Waals surface area contributed by atoms with Crippen LogP contribution in [0.15, 0.2) is 29.3 Å². The Bertz CT molecular complexity index is 448. The van der Waals surface area contributed by atoms with E-state index >= 15 is 0 Å². The third kappa shape index (κ3) is 6.32. The van der Waals surface area contributed by atoms with E-state index in [9.17, 15) is 5.11 Å². The Hall–Kier alpha value is -1.79. The summed E-state index contributed by atoms with van der Waals surface area (Å²) >= 11 is 0. The van der Waals surface area contributed by atoms with Gasteiger partial charge in [0.15, 0.2) is 5.96 Å². The predicted molar refractivity (Wildman–Crippen MR) is 88.4 cm³/mol. The van der Waals surface area contributed by atoms with Crippen LogP contribution in [0.2, 0.25) is 0 Å². The Morgan fingerprint density at radius 1 is 1.27 bits per heavy atom. The number of hydrogen-bond acceptors (Lipinski definition) is 4. The number of nitrogens with zero attached hydrogens (tertiary/aromatic N) is 1. The van der Waals surface area contributed by atoms with Gasteiger partial charge < -0.3 is 25.2 Å². The zero-order chi connectivity index (χ0) is 16.4. The van der Waals surface area contributed by atoms with Crippen LogP contribution in [-0.2, 0) is 4.74 Å². The highest BCUT2D eigenvalue weighted by atomic mass is 16.5. The molecular formula is C16H27N3O3. The van der Waals surface area contributed by atoms with E-state index in [1.54, 1.807) is 14.2 Å². The molecule has 124 valence electrons. The molecule has 2 unspecified atom stereocenters. The second-order valence-electron chi connectivity index (χ2n) is 5.01. The SMILES string of the molecule is CCNC(=NCC(O)c1ccc(OC)cc1)NC(C)COC. The quantitative estimate of drug-likeness (QED) is 0.499. The molecule has 2 atom stereocenters. The molecule has 0 aliphatic rings. The Morgan fingerprint density at radius 2 is 1.95 bits per heavy atom. The molecule has 0 aliphatic heterocycles. The number of ether oxygens (including phenoxy) is 2. The maximum Gasteiger partial charge on any atom is 0.191 e. The molecule has 1 aromatic carbocycles. The van der Waals surface area contributed by atoms with E-state index in [-0.39, 0.29) is 12.6 Å². The van der Waals surface area contributed by atoms with Gasteiger partial charge in [0.25, 0.3) is 0 Å². The monoisotopic (exact) mass is 309 g/mol. The van der Waals surface area contributed by atoms with Crippen LogP contribution in [0.3, 0.4) is 0 Å². The average Bonchev–Trinajstić information content (AvgIpc) is 2.53. The molecule has 0 fully saturated rings. The van der Waals surface area contributed by atoms with Gasteiger partial charge in [0.2, 0.25) is 0 Å². The van der Waals surface area contributed by atoms with Crippen LogP contribution in [0.5, 0.6) is 5.75 Å². The van der Waals surface area contributed by atoms with Crippen molar-refractivity contribution in [3.05, 3.63) is 29.8 Å². The van der Waals surface area contributed by atoms with Crippen molar-refractivity contribution in [2.24, 2.45) is 4.99 Å². The number of guanidine groups is 1. The molecule has 0 radical (unpaired) electrons. The van der Waals surface area contributed by atoms with Gasteiger partial charge in [0.05, 0.1) is 26.4 Å². The number of benzene rings is 1. The van der Waals surface area contributed by atoms with Gasteiger partial charge in [0, 0.05) is 19.7 Å². The minimum Gasteiger partial charge on any atom is -0.497 e. The van der Waals surface area contributed by atoms with Crippen LogP contribution in [0.1, 0.15) is 25.5 Å². The maximum absolute atomic E-state index is 10.2. The van der Waals surface area contributed by atoms with E-state index in [4.69, 9.17) is 9.47 Å². The lowest BCUT2D eigenvalue weighted by Crippen LogP contribution is -2.44.